The van der Waals surface area contributed by atoms with Crippen molar-refractivity contribution in [3.8, 4) is 0 Å². The van der Waals surface area contributed by atoms with E-state index in [1.807, 2.05) is 18.2 Å². The summed E-state index contributed by atoms with van der Waals surface area (Å²) in [6.45, 7) is 2.52. The van der Waals surface area contributed by atoms with Crippen molar-refractivity contribution in [1.82, 2.24) is 0 Å². The Kier molecular flexibility index (Phi) is 4.02. The highest BCUT2D eigenvalue weighted by atomic mass is 35.5. The molecule has 1 aromatic rings. The van der Waals surface area contributed by atoms with Crippen molar-refractivity contribution >= 4 is 17.6 Å². The molecule has 0 aliphatic carbocycles. The first-order chi connectivity index (χ1) is 8.22. The van der Waals surface area contributed by atoms with Crippen LogP contribution in [-0.4, -0.2) is 18.7 Å². The van der Waals surface area contributed by atoms with E-state index < -0.39 is 6.10 Å². The average Bonchev–Trinajstić information content (AvgIpc) is 3.09. The van der Waals surface area contributed by atoms with E-state index in [2.05, 4.69) is 6.92 Å². The van der Waals surface area contributed by atoms with E-state index in [9.17, 15) is 4.79 Å². The van der Waals surface area contributed by atoms with Crippen LogP contribution in [0.25, 0.3) is 0 Å². The Hall–Kier alpha value is -1.06. The number of unbranched alkanes of at least 4 members (excludes halogenated alkanes) is 1. The number of rotatable bonds is 5. The van der Waals surface area contributed by atoms with Gasteiger partial charge in [-0.25, -0.2) is 4.79 Å². The van der Waals surface area contributed by atoms with Gasteiger partial charge in [-0.2, -0.15) is 0 Å². The van der Waals surface area contributed by atoms with E-state index in [0.29, 0.717) is 11.6 Å². The minimum Gasteiger partial charge on any atom is -0.464 e. The monoisotopic (exact) mass is 254 g/mol. The summed E-state index contributed by atoms with van der Waals surface area (Å²) in [6.07, 6.45) is 1.25. The molecule has 4 heteroatoms. The van der Waals surface area contributed by atoms with Crippen LogP contribution < -0.4 is 0 Å². The number of esters is 1. The molecule has 0 radical (unpaired) electrons. The molecule has 92 valence electrons. The molecular formula is C13H15ClO3. The maximum atomic E-state index is 11.6. The highest BCUT2D eigenvalue weighted by molar-refractivity contribution is 6.30. The maximum absolute atomic E-state index is 11.6. The number of carbonyl (C=O) groups excluding carboxylic acids is 1. The second kappa shape index (κ2) is 5.52. The normalized spacial score (nSPS) is 22.2. The molecule has 1 heterocycles. The van der Waals surface area contributed by atoms with Crippen molar-refractivity contribution in [2.75, 3.05) is 6.61 Å². The third-order valence-corrected chi connectivity index (χ3v) is 2.88. The van der Waals surface area contributed by atoms with Crippen LogP contribution in [0, 0.1) is 0 Å². The summed E-state index contributed by atoms with van der Waals surface area (Å²) in [4.78, 5) is 11.6. The first-order valence-electron chi connectivity index (χ1n) is 5.80. The summed E-state index contributed by atoms with van der Waals surface area (Å²) in [5, 5.41) is 0.649. The molecule has 0 N–H and O–H groups in total. The maximum Gasteiger partial charge on any atom is 0.338 e. The van der Waals surface area contributed by atoms with E-state index in [4.69, 9.17) is 21.1 Å². The highest BCUT2D eigenvalue weighted by Gasteiger charge is 2.47. The molecule has 0 bridgehead atoms. The van der Waals surface area contributed by atoms with E-state index in [1.54, 1.807) is 6.07 Å². The smallest absolute Gasteiger partial charge is 0.338 e. The van der Waals surface area contributed by atoms with Crippen LogP contribution in [0.2, 0.25) is 5.02 Å². The van der Waals surface area contributed by atoms with E-state index in [0.717, 1.165) is 18.4 Å². The Bertz CT molecular complexity index is 405. The number of benzene rings is 1. The summed E-state index contributed by atoms with van der Waals surface area (Å²) in [5.74, 6) is -0.275. The lowest BCUT2D eigenvalue weighted by atomic mass is 10.1. The van der Waals surface area contributed by atoms with Crippen molar-refractivity contribution in [3.63, 3.8) is 0 Å². The summed E-state index contributed by atoms with van der Waals surface area (Å²) in [5.41, 5.74) is 0.926. The second-order valence-corrected chi connectivity index (χ2v) is 4.49. The molecule has 0 amide bonds. The summed E-state index contributed by atoms with van der Waals surface area (Å²) < 4.78 is 10.4. The molecule has 1 aromatic carbocycles. The summed E-state index contributed by atoms with van der Waals surface area (Å²) >= 11 is 5.87. The van der Waals surface area contributed by atoms with Gasteiger partial charge in [0.15, 0.2) is 6.10 Å². The minimum atomic E-state index is -0.453. The number of halogens is 1. The van der Waals surface area contributed by atoms with Crippen LogP contribution in [0.4, 0.5) is 0 Å². The molecule has 1 aliphatic rings. The average molecular weight is 255 g/mol. The fourth-order valence-electron chi connectivity index (χ4n) is 1.63. The van der Waals surface area contributed by atoms with Crippen LogP contribution in [0.1, 0.15) is 31.4 Å². The molecular weight excluding hydrogens is 240 g/mol. The molecule has 0 unspecified atom stereocenters. The van der Waals surface area contributed by atoms with Gasteiger partial charge in [-0.15, -0.1) is 0 Å². The second-order valence-electron chi connectivity index (χ2n) is 4.05. The SMILES string of the molecule is CCCCOC(=O)[C@H]1O[C@@H]1c1cccc(Cl)c1. The third kappa shape index (κ3) is 3.20. The van der Waals surface area contributed by atoms with Gasteiger partial charge in [0, 0.05) is 5.02 Å². The lowest BCUT2D eigenvalue weighted by Gasteiger charge is -2.00. The third-order valence-electron chi connectivity index (χ3n) is 2.64. The van der Waals surface area contributed by atoms with Gasteiger partial charge in [-0.1, -0.05) is 37.1 Å². The molecule has 1 saturated heterocycles. The van der Waals surface area contributed by atoms with Gasteiger partial charge in [0.05, 0.1) is 6.61 Å². The molecule has 1 aliphatic heterocycles. The fourth-order valence-corrected chi connectivity index (χ4v) is 1.83. The van der Waals surface area contributed by atoms with Gasteiger partial charge in [-0.3, -0.25) is 0 Å². The van der Waals surface area contributed by atoms with Crippen molar-refractivity contribution in [1.29, 1.82) is 0 Å². The Morgan fingerprint density at radius 2 is 2.35 bits per heavy atom. The summed E-state index contributed by atoms with van der Waals surface area (Å²) in [6, 6.07) is 7.35. The predicted molar refractivity (Wildman–Crippen MR) is 64.9 cm³/mol. The summed E-state index contributed by atoms with van der Waals surface area (Å²) in [7, 11) is 0. The zero-order valence-electron chi connectivity index (χ0n) is 9.69. The van der Waals surface area contributed by atoms with Crippen LogP contribution in [-0.2, 0) is 14.3 Å². The Balaban J connectivity index is 1.85. The van der Waals surface area contributed by atoms with Gasteiger partial charge < -0.3 is 9.47 Å². The number of epoxide rings is 1. The molecule has 1 fully saturated rings. The van der Waals surface area contributed by atoms with Crippen molar-refractivity contribution in [2.24, 2.45) is 0 Å². The van der Waals surface area contributed by atoms with Crippen molar-refractivity contribution < 1.29 is 14.3 Å². The Morgan fingerprint density at radius 1 is 1.53 bits per heavy atom. The van der Waals surface area contributed by atoms with Gasteiger partial charge in [0.2, 0.25) is 0 Å². The van der Waals surface area contributed by atoms with Gasteiger partial charge in [-0.05, 0) is 24.1 Å². The van der Waals surface area contributed by atoms with Crippen molar-refractivity contribution in [2.45, 2.75) is 32.0 Å². The van der Waals surface area contributed by atoms with Crippen molar-refractivity contribution in [3.05, 3.63) is 34.9 Å². The van der Waals surface area contributed by atoms with Crippen LogP contribution in [0.3, 0.4) is 0 Å². The zero-order chi connectivity index (χ0) is 12.3. The lowest BCUT2D eigenvalue weighted by molar-refractivity contribution is -0.145. The zero-order valence-corrected chi connectivity index (χ0v) is 10.4. The number of hydrogen-bond acceptors (Lipinski definition) is 3. The lowest BCUT2D eigenvalue weighted by Crippen LogP contribution is -2.13. The largest absolute Gasteiger partial charge is 0.464 e. The quantitative estimate of drug-likeness (QED) is 0.460. The number of ether oxygens (including phenoxy) is 2. The first kappa shape index (κ1) is 12.4. The fraction of sp³-hybridized carbons (Fsp3) is 0.462. The molecule has 2 rings (SSSR count). The highest BCUT2D eigenvalue weighted by Crippen LogP contribution is 2.40. The van der Waals surface area contributed by atoms with E-state index >= 15 is 0 Å². The van der Waals surface area contributed by atoms with Gasteiger partial charge in [0.25, 0.3) is 0 Å². The van der Waals surface area contributed by atoms with Crippen LogP contribution in [0.15, 0.2) is 24.3 Å². The van der Waals surface area contributed by atoms with E-state index in [-0.39, 0.29) is 12.1 Å². The Morgan fingerprint density at radius 3 is 3.06 bits per heavy atom. The van der Waals surface area contributed by atoms with Gasteiger partial charge >= 0.3 is 5.97 Å². The van der Waals surface area contributed by atoms with Crippen LogP contribution >= 0.6 is 11.6 Å². The number of hydrogen-bond donors (Lipinski definition) is 0. The first-order valence-corrected chi connectivity index (χ1v) is 6.17. The van der Waals surface area contributed by atoms with Gasteiger partial charge in [0.1, 0.15) is 6.10 Å². The van der Waals surface area contributed by atoms with E-state index in [1.165, 1.54) is 0 Å². The molecule has 0 spiro atoms. The minimum absolute atomic E-state index is 0.192. The molecule has 17 heavy (non-hydrogen) atoms. The molecule has 0 saturated carbocycles. The molecule has 2 atom stereocenters. The Labute approximate surface area is 106 Å². The standard InChI is InChI=1S/C13H15ClO3/c1-2-3-7-16-13(15)12-11(17-12)9-5-4-6-10(14)8-9/h4-6,8,11-12H,2-3,7H2,1H3/t11-,12+/m1/s1. The van der Waals surface area contributed by atoms with Crippen LogP contribution in [0.5, 0.6) is 0 Å². The molecule has 0 aromatic heterocycles. The molecule has 3 nitrogen and oxygen atoms in total. The topological polar surface area (TPSA) is 38.8 Å². The predicted octanol–water partition coefficient (Wildman–Crippen LogP) is 3.12. The number of carbonyl (C=O) groups is 1.